The molecule has 0 aliphatic heterocycles. The first-order chi connectivity index (χ1) is 6.61. The van der Waals surface area contributed by atoms with Crippen molar-refractivity contribution < 1.29 is 5.11 Å². The van der Waals surface area contributed by atoms with Gasteiger partial charge in [0.15, 0.2) is 0 Å². The second-order valence-corrected chi connectivity index (χ2v) is 4.71. The Balaban J connectivity index is 2.60. The molecule has 78 valence electrons. The number of hydrogen-bond donors (Lipinski definition) is 1. The van der Waals surface area contributed by atoms with Crippen LogP contribution in [0.2, 0.25) is 0 Å². The summed E-state index contributed by atoms with van der Waals surface area (Å²) in [6, 6.07) is 3.75. The predicted molar refractivity (Wildman–Crippen MR) is 61.0 cm³/mol. The monoisotopic (exact) mass is 257 g/mol. The van der Waals surface area contributed by atoms with Gasteiger partial charge in [-0.2, -0.15) is 0 Å². The van der Waals surface area contributed by atoms with E-state index in [1.54, 1.807) is 6.20 Å². The molecule has 14 heavy (non-hydrogen) atoms. The molecule has 1 heterocycles. The molecule has 0 aliphatic carbocycles. The number of aromatic nitrogens is 1. The smallest absolute Gasteiger partial charge is 0.0971 e. The number of rotatable bonds is 4. The van der Waals surface area contributed by atoms with Gasteiger partial charge in [0.2, 0.25) is 0 Å². The van der Waals surface area contributed by atoms with Crippen molar-refractivity contribution in [2.45, 2.75) is 32.8 Å². The van der Waals surface area contributed by atoms with E-state index in [0.717, 1.165) is 23.0 Å². The molecule has 0 bridgehead atoms. The lowest BCUT2D eigenvalue weighted by molar-refractivity contribution is 0.154. The molecule has 2 nitrogen and oxygen atoms in total. The minimum absolute atomic E-state index is 0.451. The third kappa shape index (κ3) is 3.39. The van der Waals surface area contributed by atoms with Gasteiger partial charge in [-0.25, -0.2) is 0 Å². The number of aliphatic hydroxyl groups is 1. The fourth-order valence-electron chi connectivity index (χ4n) is 1.27. The molecule has 0 amide bonds. The number of nitrogens with zero attached hydrogens (tertiary/aromatic N) is 1. The van der Waals surface area contributed by atoms with Crippen LogP contribution in [-0.4, -0.2) is 10.1 Å². The van der Waals surface area contributed by atoms with Gasteiger partial charge in [-0.1, -0.05) is 13.8 Å². The Hall–Kier alpha value is -0.410. The summed E-state index contributed by atoms with van der Waals surface area (Å²) >= 11 is 3.38. The summed E-state index contributed by atoms with van der Waals surface area (Å²) < 4.78 is 0.885. The molecule has 0 spiro atoms. The van der Waals surface area contributed by atoms with E-state index < -0.39 is 6.10 Å². The van der Waals surface area contributed by atoms with E-state index in [2.05, 4.69) is 34.8 Å². The van der Waals surface area contributed by atoms with E-state index in [-0.39, 0.29) is 0 Å². The Morgan fingerprint density at radius 3 is 2.71 bits per heavy atom. The number of pyridine rings is 1. The van der Waals surface area contributed by atoms with Crippen LogP contribution >= 0.6 is 15.9 Å². The first-order valence-corrected chi connectivity index (χ1v) is 5.69. The van der Waals surface area contributed by atoms with Crippen molar-refractivity contribution in [3.63, 3.8) is 0 Å². The van der Waals surface area contributed by atoms with Crippen molar-refractivity contribution in [3.8, 4) is 0 Å². The topological polar surface area (TPSA) is 33.1 Å². The molecule has 1 aromatic rings. The molecule has 0 radical (unpaired) electrons. The third-order valence-corrected chi connectivity index (χ3v) is 2.79. The summed E-state index contributed by atoms with van der Waals surface area (Å²) in [5.74, 6) is 0.618. The highest BCUT2D eigenvalue weighted by atomic mass is 79.9. The van der Waals surface area contributed by atoms with Gasteiger partial charge >= 0.3 is 0 Å². The van der Waals surface area contributed by atoms with Gasteiger partial charge in [0, 0.05) is 10.7 Å². The van der Waals surface area contributed by atoms with E-state index in [0.29, 0.717) is 5.92 Å². The van der Waals surface area contributed by atoms with E-state index >= 15 is 0 Å². The quantitative estimate of drug-likeness (QED) is 0.898. The molecule has 1 aromatic heterocycles. The maximum atomic E-state index is 9.86. The second kappa shape index (κ2) is 5.47. The Morgan fingerprint density at radius 2 is 2.14 bits per heavy atom. The standard InChI is InChI=1S/C11H16BrNO/c1-8(2)5-6-10(14)11-9(12)4-3-7-13-11/h3-4,7-8,10,14H,5-6H2,1-2H3. The summed E-state index contributed by atoms with van der Waals surface area (Å²) in [7, 11) is 0. The van der Waals surface area contributed by atoms with Crippen LogP contribution < -0.4 is 0 Å². The predicted octanol–water partition coefficient (Wildman–Crippen LogP) is 3.31. The van der Waals surface area contributed by atoms with Crippen LogP contribution in [0.15, 0.2) is 22.8 Å². The highest BCUT2D eigenvalue weighted by molar-refractivity contribution is 9.10. The third-order valence-electron chi connectivity index (χ3n) is 2.12. The zero-order chi connectivity index (χ0) is 10.6. The maximum absolute atomic E-state index is 9.86. The van der Waals surface area contributed by atoms with Gasteiger partial charge in [-0.05, 0) is 46.8 Å². The van der Waals surface area contributed by atoms with Crippen molar-refractivity contribution in [3.05, 3.63) is 28.5 Å². The van der Waals surface area contributed by atoms with Crippen molar-refractivity contribution in [2.24, 2.45) is 5.92 Å². The lowest BCUT2D eigenvalue weighted by Gasteiger charge is -2.12. The Morgan fingerprint density at radius 1 is 1.43 bits per heavy atom. The van der Waals surface area contributed by atoms with Crippen LogP contribution in [-0.2, 0) is 0 Å². The highest BCUT2D eigenvalue weighted by Crippen LogP contribution is 2.25. The lowest BCUT2D eigenvalue weighted by atomic mass is 10.0. The molecule has 1 atom stereocenters. The minimum atomic E-state index is -0.451. The van der Waals surface area contributed by atoms with Crippen LogP contribution in [0.5, 0.6) is 0 Å². The molecule has 0 aromatic carbocycles. The Labute approximate surface area is 93.5 Å². The normalized spacial score (nSPS) is 13.2. The Kier molecular flexibility index (Phi) is 4.55. The second-order valence-electron chi connectivity index (χ2n) is 3.86. The Bertz CT molecular complexity index is 288. The van der Waals surface area contributed by atoms with Gasteiger partial charge in [0.1, 0.15) is 0 Å². The van der Waals surface area contributed by atoms with Gasteiger partial charge in [-0.3, -0.25) is 4.98 Å². The number of aliphatic hydroxyl groups excluding tert-OH is 1. The van der Waals surface area contributed by atoms with Crippen molar-refractivity contribution in [2.75, 3.05) is 0 Å². The van der Waals surface area contributed by atoms with E-state index in [9.17, 15) is 5.11 Å². The van der Waals surface area contributed by atoms with Crippen LogP contribution in [0.25, 0.3) is 0 Å². The molecule has 3 heteroatoms. The maximum Gasteiger partial charge on any atom is 0.0971 e. The number of hydrogen-bond acceptors (Lipinski definition) is 2. The summed E-state index contributed by atoms with van der Waals surface area (Å²) in [4.78, 5) is 4.16. The molecule has 1 unspecified atom stereocenters. The summed E-state index contributed by atoms with van der Waals surface area (Å²) in [6.07, 6.45) is 3.05. The first-order valence-electron chi connectivity index (χ1n) is 4.89. The molecular weight excluding hydrogens is 242 g/mol. The van der Waals surface area contributed by atoms with Crippen molar-refractivity contribution in [1.29, 1.82) is 0 Å². The summed E-state index contributed by atoms with van der Waals surface area (Å²) in [6.45, 7) is 4.31. The van der Waals surface area contributed by atoms with Gasteiger partial charge in [-0.15, -0.1) is 0 Å². The largest absolute Gasteiger partial charge is 0.387 e. The molecule has 1 rings (SSSR count). The first kappa shape index (κ1) is 11.7. The zero-order valence-corrected chi connectivity index (χ0v) is 10.2. The fourth-order valence-corrected chi connectivity index (χ4v) is 1.79. The van der Waals surface area contributed by atoms with E-state index in [1.165, 1.54) is 0 Å². The lowest BCUT2D eigenvalue weighted by Crippen LogP contribution is -2.03. The highest BCUT2D eigenvalue weighted by Gasteiger charge is 2.12. The van der Waals surface area contributed by atoms with Crippen LogP contribution in [0.1, 0.15) is 38.5 Å². The molecular formula is C11H16BrNO. The van der Waals surface area contributed by atoms with Gasteiger partial charge < -0.3 is 5.11 Å². The van der Waals surface area contributed by atoms with Gasteiger partial charge in [0.25, 0.3) is 0 Å². The van der Waals surface area contributed by atoms with Crippen molar-refractivity contribution >= 4 is 15.9 Å². The average molecular weight is 258 g/mol. The van der Waals surface area contributed by atoms with Crippen LogP contribution in [0.4, 0.5) is 0 Å². The zero-order valence-electron chi connectivity index (χ0n) is 8.57. The summed E-state index contributed by atoms with van der Waals surface area (Å²) in [5, 5.41) is 9.86. The molecule has 0 saturated carbocycles. The number of halogens is 1. The SMILES string of the molecule is CC(C)CCC(O)c1ncccc1Br. The molecule has 0 saturated heterocycles. The average Bonchev–Trinajstić information content (AvgIpc) is 2.15. The fraction of sp³-hybridized carbons (Fsp3) is 0.545. The van der Waals surface area contributed by atoms with Crippen LogP contribution in [0.3, 0.4) is 0 Å². The minimum Gasteiger partial charge on any atom is -0.387 e. The van der Waals surface area contributed by atoms with Crippen molar-refractivity contribution in [1.82, 2.24) is 4.98 Å². The van der Waals surface area contributed by atoms with Gasteiger partial charge in [0.05, 0.1) is 11.8 Å². The summed E-state index contributed by atoms with van der Waals surface area (Å²) in [5.41, 5.74) is 0.744. The molecule has 0 fully saturated rings. The molecule has 1 N–H and O–H groups in total. The van der Waals surface area contributed by atoms with E-state index in [4.69, 9.17) is 0 Å². The molecule has 0 aliphatic rings. The van der Waals surface area contributed by atoms with E-state index in [1.807, 2.05) is 12.1 Å². The van der Waals surface area contributed by atoms with Crippen LogP contribution in [0, 0.1) is 5.92 Å².